The Morgan fingerprint density at radius 3 is 1.62 bits per heavy atom. The summed E-state index contributed by atoms with van der Waals surface area (Å²) < 4.78 is 114. The lowest BCUT2D eigenvalue weighted by Gasteiger charge is -2.61. The van der Waals surface area contributed by atoms with Gasteiger partial charge in [-0.2, -0.15) is 13.2 Å². The van der Waals surface area contributed by atoms with Crippen molar-refractivity contribution >= 4 is 82.3 Å². The number of carbonyl (C=O) groups excluding carboxylic acids is 6. The molecule has 11 aliphatic rings. The second-order valence-corrected chi connectivity index (χ2v) is 42.7. The van der Waals surface area contributed by atoms with Gasteiger partial charge in [-0.1, -0.05) is 117 Å². The molecular weight excluding hydrogens is 1570 g/mol. The highest BCUT2D eigenvalue weighted by Gasteiger charge is 2.67. The maximum Gasteiger partial charge on any atom is 0.426 e. The molecule has 2 N–H and O–H groups in total. The number of alkyl halides is 3. The fourth-order valence-electron chi connectivity index (χ4n) is 19.0. The average molecular weight is 1710 g/mol. The van der Waals surface area contributed by atoms with Crippen molar-refractivity contribution in [2.24, 2.45) is 68.0 Å². The fraction of sp³-hybridized carbons (Fsp3) is 0.635. The minimum Gasteiger partial charge on any atom is -0.748 e. The number of benzene rings is 4. The molecule has 2 aromatic heterocycles. The van der Waals surface area contributed by atoms with Crippen molar-refractivity contribution in [3.05, 3.63) is 127 Å². The van der Waals surface area contributed by atoms with Crippen molar-refractivity contribution < 1.29 is 93.2 Å². The van der Waals surface area contributed by atoms with Crippen LogP contribution in [0.2, 0.25) is 0 Å². The molecule has 120 heavy (non-hydrogen) atoms. The van der Waals surface area contributed by atoms with E-state index in [0.717, 1.165) is 49.2 Å². The standard InChI is InChI=1S/C20H29F3O7S.C19H32O2.C18H13S.C15H24O.C13H18O5.C11H16N2O2/c1-4-17(2,3)15(24)30-19-8-12-5-13(9-19)7-18(6-12,11-19)16(25)29-14(20(21,22)23)10-31(26,27)28;1-6-17(2,3)16(20)21-18(4,5)19-10-13-7-14(11-19)9-15(8-13)12-19;1-2-8-14(9-3-1)19-17-12-6-4-10-15(17)16-11-5-7-13-18(16)19;1-6-12(3)13-8-10-14(11-9-13)16-15(4,5)7-2;1-4-13(2,3)12(15)18-9-7-5-6-8(16-7)10(9)17-11(6)14;1-4-11(2,3)10(15)13-9-8(14)6-5-7-12-9/h12-14H,4-11H2,1-3H3,(H,26,27,28);13-15H,6-12H2,1-5H3;1-13H;8-12H,6-7H2,1-5H3;6-10H,4-5H2,1-3H3;5-7,14H,4H2,1-3H3,(H,12,13,15)/q;;+1;;;/p-1. The number of pyridine rings is 1. The molecule has 24 heteroatoms. The summed E-state index contributed by atoms with van der Waals surface area (Å²) in [4.78, 5) is 78.9. The maximum atomic E-state index is 13.3. The molecule has 17 rings (SSSR count). The van der Waals surface area contributed by atoms with Gasteiger partial charge in [0.1, 0.15) is 28.7 Å². The number of aromatic nitrogens is 1. The highest BCUT2D eigenvalue weighted by molar-refractivity contribution is 7.85. The van der Waals surface area contributed by atoms with E-state index in [-0.39, 0.29) is 104 Å². The molecule has 9 unspecified atom stereocenters. The smallest absolute Gasteiger partial charge is 0.426 e. The molecule has 0 radical (unpaired) electrons. The largest absolute Gasteiger partial charge is 0.748 e. The van der Waals surface area contributed by atoms with Crippen LogP contribution < -0.4 is 10.1 Å². The van der Waals surface area contributed by atoms with Gasteiger partial charge in [0.15, 0.2) is 38.1 Å². The Bertz CT molecular complexity index is 4600. The quantitative estimate of drug-likeness (QED) is 0.0261. The Kier molecular flexibility index (Phi) is 29.2. The fourth-order valence-corrected chi connectivity index (χ4v) is 22.0. The third-order valence-electron chi connectivity index (χ3n) is 28.0. The van der Waals surface area contributed by atoms with Gasteiger partial charge in [0.05, 0.1) is 49.6 Å². The van der Waals surface area contributed by atoms with Crippen LogP contribution >= 0.6 is 10.5 Å². The molecule has 6 aromatic rings. The van der Waals surface area contributed by atoms with E-state index in [1.165, 1.54) is 87.8 Å². The first-order valence-electron chi connectivity index (χ1n) is 43.5. The average Bonchev–Trinajstić information content (AvgIpc) is 0.793. The van der Waals surface area contributed by atoms with Crippen LogP contribution in [-0.2, 0) is 67.3 Å². The van der Waals surface area contributed by atoms with Crippen LogP contribution in [0.15, 0.2) is 121 Å². The predicted molar refractivity (Wildman–Crippen MR) is 460 cm³/mol. The minimum atomic E-state index is -5.27. The van der Waals surface area contributed by atoms with Gasteiger partial charge in [0.2, 0.25) is 12.0 Å². The van der Waals surface area contributed by atoms with E-state index in [1.807, 2.05) is 62.3 Å². The van der Waals surface area contributed by atoms with Crippen LogP contribution in [0, 0.1) is 68.0 Å². The predicted octanol–water partition coefficient (Wildman–Crippen LogP) is 22.0. The van der Waals surface area contributed by atoms with Gasteiger partial charge < -0.3 is 48.1 Å². The van der Waals surface area contributed by atoms with E-state index >= 15 is 0 Å². The van der Waals surface area contributed by atoms with Crippen LogP contribution in [0.3, 0.4) is 0 Å². The molecule has 10 bridgehead atoms. The number of esters is 5. The molecule has 0 spiro atoms. The van der Waals surface area contributed by atoms with Gasteiger partial charge in [-0.25, -0.2) is 13.4 Å². The number of thiophene rings is 1. The van der Waals surface area contributed by atoms with Crippen molar-refractivity contribution in [3.63, 3.8) is 0 Å². The Morgan fingerprint density at radius 2 is 1.12 bits per heavy atom. The number of anilines is 1. The van der Waals surface area contributed by atoms with Crippen LogP contribution in [0.4, 0.5) is 19.0 Å². The van der Waals surface area contributed by atoms with E-state index in [0.29, 0.717) is 50.9 Å². The molecule has 5 heterocycles. The molecule has 9 atom stereocenters. The van der Waals surface area contributed by atoms with Crippen LogP contribution in [-0.4, -0.2) is 118 Å². The second-order valence-electron chi connectivity index (χ2n) is 39.3. The molecule has 8 aliphatic carbocycles. The number of hydrogen-bond acceptors (Lipinski definition) is 18. The lowest BCUT2D eigenvalue weighted by atomic mass is 9.46. The summed E-state index contributed by atoms with van der Waals surface area (Å²) in [5.41, 5.74) is -3.02. The summed E-state index contributed by atoms with van der Waals surface area (Å²) in [6.45, 7) is 37.9. The third-order valence-corrected chi connectivity index (χ3v) is 31.1. The lowest BCUT2D eigenvalue weighted by Crippen LogP contribution is -2.61. The number of halogens is 3. The molecule has 8 saturated carbocycles. The minimum absolute atomic E-state index is 0.00100. The SMILES string of the molecule is CCC(C)(C)C(=O)Nc1ncccc1O.CCC(C)(C)C(=O)OC(C)(C)C12CC3CC(CC(C3)C1)C2.CCC(C)(C)C(=O)OC12CC3CC(C1)CC(C(=O)OC(CS(=O)(=O)[O-])C(F)(F)F)(C3)C2.CCC(C)(C)C(=O)OC1C2CC3C(=O)OC1C3O2.CCC(C)c1ccc(OC(C)(C)CC)cc1.c1ccc(-[s+]2c3ccccc3c3ccccc32)cc1. The molecule has 19 nitrogen and oxygen atoms in total. The molecular formula is C96H131F3N2O17S2. The number of hydrogen-bond donors (Lipinski definition) is 2. The van der Waals surface area contributed by atoms with E-state index in [4.69, 9.17) is 28.4 Å². The van der Waals surface area contributed by atoms with Crippen molar-refractivity contribution in [3.8, 4) is 16.4 Å². The second kappa shape index (κ2) is 37.0. The van der Waals surface area contributed by atoms with Crippen molar-refractivity contribution in [2.75, 3.05) is 11.1 Å². The van der Waals surface area contributed by atoms with Gasteiger partial charge in [-0.05, 0) is 287 Å². The molecule has 3 saturated heterocycles. The summed E-state index contributed by atoms with van der Waals surface area (Å²) in [5.74, 6) is 0.303. The zero-order valence-corrected chi connectivity index (χ0v) is 75.6. The molecule has 4 aromatic carbocycles. The van der Waals surface area contributed by atoms with E-state index in [9.17, 15) is 60.0 Å². The van der Waals surface area contributed by atoms with Gasteiger partial charge in [-0.15, -0.1) is 0 Å². The Labute approximate surface area is 711 Å². The van der Waals surface area contributed by atoms with E-state index < -0.39 is 79.6 Å². The molecule has 660 valence electrons. The first-order chi connectivity index (χ1) is 56.0. The van der Waals surface area contributed by atoms with E-state index in [2.05, 4.69) is 174 Å². The molecule has 3 aliphatic heterocycles. The number of ether oxygens (including phenoxy) is 7. The van der Waals surface area contributed by atoms with Crippen molar-refractivity contribution in [1.82, 2.24) is 4.98 Å². The van der Waals surface area contributed by atoms with Gasteiger partial charge >= 0.3 is 36.0 Å². The van der Waals surface area contributed by atoms with Gasteiger partial charge in [0, 0.05) is 44.7 Å². The number of nitrogens with one attached hydrogen (secondary N) is 1. The topological polar surface area (TPSA) is 269 Å². The number of carbonyl (C=O) groups is 6. The number of aromatic hydroxyl groups is 1. The number of nitrogens with zero attached hydrogens (tertiary/aromatic N) is 1. The van der Waals surface area contributed by atoms with Crippen LogP contribution in [0.1, 0.15) is 265 Å². The summed E-state index contributed by atoms with van der Waals surface area (Å²) in [5, 5.41) is 14.8. The first-order valence-corrected chi connectivity index (χ1v) is 46.3. The normalized spacial score (nSPS) is 26.6. The Hall–Kier alpha value is -7.67. The zero-order valence-electron chi connectivity index (χ0n) is 74.0. The first kappa shape index (κ1) is 94.6. The van der Waals surface area contributed by atoms with Gasteiger partial charge in [0.25, 0.3) is 0 Å². The molecule has 11 fully saturated rings. The summed E-state index contributed by atoms with van der Waals surface area (Å²) >= 11 is 0. The van der Waals surface area contributed by atoms with Crippen LogP contribution in [0.25, 0.3) is 25.1 Å². The van der Waals surface area contributed by atoms with Crippen LogP contribution in [0.5, 0.6) is 11.5 Å². The number of rotatable bonds is 23. The van der Waals surface area contributed by atoms with Gasteiger partial charge in [-0.3, -0.25) is 28.8 Å². The maximum absolute atomic E-state index is 13.3. The Morgan fingerprint density at radius 1 is 0.617 bits per heavy atom. The zero-order chi connectivity index (χ0) is 88.3. The summed E-state index contributed by atoms with van der Waals surface area (Å²) in [6.07, 6.45) is 8.43. The summed E-state index contributed by atoms with van der Waals surface area (Å²) in [6, 6.07) is 40.0. The highest BCUT2D eigenvalue weighted by Crippen LogP contribution is 2.66. The van der Waals surface area contributed by atoms with E-state index in [1.54, 1.807) is 19.9 Å². The third kappa shape index (κ3) is 21.7. The number of amides is 1. The molecule has 1 amide bonds. The van der Waals surface area contributed by atoms with Crippen molar-refractivity contribution in [1.29, 1.82) is 0 Å². The number of fused-ring (bicyclic) bond motifs is 4. The van der Waals surface area contributed by atoms with Crippen molar-refractivity contribution in [2.45, 2.75) is 313 Å². The summed E-state index contributed by atoms with van der Waals surface area (Å²) in [7, 11) is -5.21. The Balaban J connectivity index is 0.000000154. The highest BCUT2D eigenvalue weighted by atomic mass is 32.2. The monoisotopic (exact) mass is 1700 g/mol. The lowest BCUT2D eigenvalue weighted by molar-refractivity contribution is -0.239.